The van der Waals surface area contributed by atoms with Gasteiger partial charge in [-0.05, 0) is 30.9 Å². The summed E-state index contributed by atoms with van der Waals surface area (Å²) >= 11 is 5.76. The van der Waals surface area contributed by atoms with E-state index in [4.69, 9.17) is 11.6 Å². The van der Waals surface area contributed by atoms with Crippen LogP contribution in [0.15, 0.2) is 23.4 Å². The molecule has 18 heavy (non-hydrogen) atoms. The summed E-state index contributed by atoms with van der Waals surface area (Å²) in [7, 11) is -3.77. The number of pyridine rings is 1. The molecule has 0 radical (unpaired) electrons. The minimum atomic E-state index is -3.77. The average Bonchev–Trinajstić information content (AvgIpc) is 3.10. The summed E-state index contributed by atoms with van der Waals surface area (Å²) in [6, 6.07) is 2.97. The molecule has 1 aromatic heterocycles. The molecule has 1 amide bonds. The number of carbonyl (C=O) groups is 1. The Morgan fingerprint density at radius 3 is 2.83 bits per heavy atom. The van der Waals surface area contributed by atoms with Crippen LogP contribution in [0.3, 0.4) is 0 Å². The highest BCUT2D eigenvalue weighted by atomic mass is 35.5. The van der Waals surface area contributed by atoms with Gasteiger partial charge in [-0.1, -0.05) is 11.6 Å². The number of rotatable bonds is 5. The SMILES string of the molecule is O=C(CS(=O)(=O)c1ncccc1Cl)NCC1CC1. The second-order valence-electron chi connectivity index (χ2n) is 4.30. The molecule has 0 aromatic carbocycles. The lowest BCUT2D eigenvalue weighted by molar-refractivity contribution is -0.118. The van der Waals surface area contributed by atoms with Gasteiger partial charge in [-0.15, -0.1) is 0 Å². The van der Waals surface area contributed by atoms with Crippen LogP contribution in [0.4, 0.5) is 0 Å². The smallest absolute Gasteiger partial charge is 0.235 e. The van der Waals surface area contributed by atoms with Gasteiger partial charge in [0.1, 0.15) is 5.75 Å². The Hall–Kier alpha value is -1.14. The highest BCUT2D eigenvalue weighted by Gasteiger charge is 2.25. The highest BCUT2D eigenvalue weighted by Crippen LogP contribution is 2.27. The fraction of sp³-hybridized carbons (Fsp3) is 0.455. The van der Waals surface area contributed by atoms with Crippen LogP contribution in [-0.4, -0.2) is 31.6 Å². The minimum Gasteiger partial charge on any atom is -0.355 e. The number of hydrogen-bond donors (Lipinski definition) is 1. The summed E-state index contributed by atoms with van der Waals surface area (Å²) < 4.78 is 23.8. The Morgan fingerprint density at radius 1 is 1.50 bits per heavy atom. The van der Waals surface area contributed by atoms with E-state index in [0.29, 0.717) is 12.5 Å². The van der Waals surface area contributed by atoms with Crippen molar-refractivity contribution in [2.45, 2.75) is 17.9 Å². The fourth-order valence-corrected chi connectivity index (χ4v) is 3.12. The van der Waals surface area contributed by atoms with Crippen molar-refractivity contribution in [3.8, 4) is 0 Å². The van der Waals surface area contributed by atoms with E-state index in [1.165, 1.54) is 18.3 Å². The lowest BCUT2D eigenvalue weighted by Gasteiger charge is -2.06. The molecule has 0 bridgehead atoms. The van der Waals surface area contributed by atoms with Crippen LogP contribution in [0.5, 0.6) is 0 Å². The third kappa shape index (κ3) is 3.43. The normalized spacial score (nSPS) is 15.4. The lowest BCUT2D eigenvalue weighted by atomic mass is 10.4. The molecule has 1 heterocycles. The molecule has 0 aliphatic heterocycles. The maximum Gasteiger partial charge on any atom is 0.235 e. The van der Waals surface area contributed by atoms with Gasteiger partial charge >= 0.3 is 0 Å². The van der Waals surface area contributed by atoms with Crippen LogP contribution < -0.4 is 5.32 Å². The second-order valence-corrected chi connectivity index (χ2v) is 6.61. The Bertz CT molecular complexity index is 555. The first-order chi connectivity index (χ1) is 8.49. The van der Waals surface area contributed by atoms with E-state index in [2.05, 4.69) is 10.3 Å². The first kappa shape index (κ1) is 13.3. The molecule has 1 saturated carbocycles. The molecule has 0 atom stereocenters. The van der Waals surface area contributed by atoms with Gasteiger partial charge in [0.05, 0.1) is 5.02 Å². The molecule has 0 saturated heterocycles. The number of nitrogens with zero attached hydrogens (tertiary/aromatic N) is 1. The number of hydrogen-bond acceptors (Lipinski definition) is 4. The molecule has 98 valence electrons. The third-order valence-corrected chi connectivity index (χ3v) is 4.60. The van der Waals surface area contributed by atoms with E-state index in [1.807, 2.05) is 0 Å². The second kappa shape index (κ2) is 5.24. The quantitative estimate of drug-likeness (QED) is 0.878. The molecular weight excluding hydrogens is 276 g/mol. The van der Waals surface area contributed by atoms with E-state index < -0.39 is 21.5 Å². The van der Waals surface area contributed by atoms with Gasteiger partial charge in [-0.3, -0.25) is 4.79 Å². The van der Waals surface area contributed by atoms with Gasteiger partial charge in [0.15, 0.2) is 5.03 Å². The summed E-state index contributed by atoms with van der Waals surface area (Å²) in [4.78, 5) is 15.2. The predicted molar refractivity (Wildman–Crippen MR) is 67.0 cm³/mol. The van der Waals surface area contributed by atoms with E-state index in [1.54, 1.807) is 0 Å². The number of halogens is 1. The Morgan fingerprint density at radius 2 is 2.22 bits per heavy atom. The first-order valence-corrected chi connectivity index (χ1v) is 7.62. The van der Waals surface area contributed by atoms with Gasteiger partial charge in [0.25, 0.3) is 0 Å². The predicted octanol–water partition coefficient (Wildman–Crippen LogP) is 1.03. The summed E-state index contributed by atoms with van der Waals surface area (Å²) in [5, 5.41) is 2.39. The topological polar surface area (TPSA) is 76.1 Å². The minimum absolute atomic E-state index is 0.0347. The number of amides is 1. The molecule has 1 N–H and O–H groups in total. The monoisotopic (exact) mass is 288 g/mol. The summed E-state index contributed by atoms with van der Waals surface area (Å²) in [6.07, 6.45) is 3.53. The summed E-state index contributed by atoms with van der Waals surface area (Å²) in [5.41, 5.74) is 0. The average molecular weight is 289 g/mol. The van der Waals surface area contributed by atoms with E-state index in [0.717, 1.165) is 12.8 Å². The molecule has 2 rings (SSSR count). The number of aromatic nitrogens is 1. The van der Waals surface area contributed by atoms with E-state index >= 15 is 0 Å². The van der Waals surface area contributed by atoms with Crippen molar-refractivity contribution in [2.75, 3.05) is 12.3 Å². The molecule has 0 unspecified atom stereocenters. The number of sulfone groups is 1. The van der Waals surface area contributed by atoms with Gasteiger partial charge in [0, 0.05) is 12.7 Å². The van der Waals surface area contributed by atoms with Crippen LogP contribution in [0, 0.1) is 5.92 Å². The molecule has 1 aliphatic carbocycles. The lowest BCUT2D eigenvalue weighted by Crippen LogP contribution is -2.32. The van der Waals surface area contributed by atoms with Crippen LogP contribution in [0.25, 0.3) is 0 Å². The molecule has 1 fully saturated rings. The van der Waals surface area contributed by atoms with Crippen LogP contribution in [0.2, 0.25) is 5.02 Å². The van der Waals surface area contributed by atoms with Crippen LogP contribution in [0.1, 0.15) is 12.8 Å². The maximum absolute atomic E-state index is 11.9. The maximum atomic E-state index is 11.9. The Labute approximate surface area is 110 Å². The van der Waals surface area contributed by atoms with Crippen molar-refractivity contribution in [2.24, 2.45) is 5.92 Å². The zero-order chi connectivity index (χ0) is 13.2. The van der Waals surface area contributed by atoms with Crippen LogP contribution >= 0.6 is 11.6 Å². The molecule has 1 aliphatic rings. The zero-order valence-corrected chi connectivity index (χ0v) is 11.2. The van der Waals surface area contributed by atoms with Crippen molar-refractivity contribution >= 4 is 27.3 Å². The molecule has 5 nitrogen and oxygen atoms in total. The van der Waals surface area contributed by atoms with Crippen molar-refractivity contribution in [3.05, 3.63) is 23.4 Å². The van der Waals surface area contributed by atoms with Crippen molar-refractivity contribution < 1.29 is 13.2 Å². The number of carbonyl (C=O) groups excluding carboxylic acids is 1. The van der Waals surface area contributed by atoms with Gasteiger partial charge < -0.3 is 5.32 Å². The van der Waals surface area contributed by atoms with Crippen molar-refractivity contribution in [1.82, 2.24) is 10.3 Å². The van der Waals surface area contributed by atoms with E-state index in [-0.39, 0.29) is 10.0 Å². The third-order valence-electron chi connectivity index (χ3n) is 2.63. The largest absolute Gasteiger partial charge is 0.355 e. The fourth-order valence-electron chi connectivity index (χ4n) is 1.47. The highest BCUT2D eigenvalue weighted by molar-refractivity contribution is 7.92. The Kier molecular flexibility index (Phi) is 3.87. The van der Waals surface area contributed by atoms with E-state index in [9.17, 15) is 13.2 Å². The van der Waals surface area contributed by atoms with Crippen LogP contribution in [-0.2, 0) is 14.6 Å². The zero-order valence-electron chi connectivity index (χ0n) is 9.60. The number of nitrogens with one attached hydrogen (secondary N) is 1. The molecule has 1 aromatic rings. The van der Waals surface area contributed by atoms with Gasteiger partial charge in [0.2, 0.25) is 15.7 Å². The van der Waals surface area contributed by atoms with Crippen molar-refractivity contribution in [1.29, 1.82) is 0 Å². The van der Waals surface area contributed by atoms with Gasteiger partial charge in [-0.2, -0.15) is 0 Å². The van der Waals surface area contributed by atoms with Crippen molar-refractivity contribution in [3.63, 3.8) is 0 Å². The summed E-state index contributed by atoms with van der Waals surface area (Å²) in [5.74, 6) is -0.616. The molecular formula is C11H13ClN2O3S. The first-order valence-electron chi connectivity index (χ1n) is 5.59. The summed E-state index contributed by atoms with van der Waals surface area (Å²) in [6.45, 7) is 0.546. The standard InChI is InChI=1S/C11H13ClN2O3S/c12-9-2-1-5-13-11(9)18(16,17)7-10(15)14-6-8-3-4-8/h1-2,5,8H,3-4,6-7H2,(H,14,15). The molecule has 0 spiro atoms. The Balaban J connectivity index is 2.02. The molecule has 7 heteroatoms. The van der Waals surface area contributed by atoms with Gasteiger partial charge in [-0.25, -0.2) is 13.4 Å².